The summed E-state index contributed by atoms with van der Waals surface area (Å²) in [6.45, 7) is 7.61. The molecule has 1 atom stereocenters. The average Bonchev–Trinajstić information content (AvgIpc) is 3.11. The van der Waals surface area contributed by atoms with E-state index in [0.717, 1.165) is 70.6 Å². The van der Waals surface area contributed by atoms with Crippen molar-refractivity contribution in [3.63, 3.8) is 0 Å². The fraction of sp³-hybridized carbons (Fsp3) is 0.733. The number of esters is 2. The largest absolute Gasteiger partial charge is 0.462 e. The van der Waals surface area contributed by atoms with Crippen molar-refractivity contribution in [1.29, 1.82) is 0 Å². The number of hydrogen-bond acceptors (Lipinski definition) is 5. The van der Waals surface area contributed by atoms with Crippen LogP contribution in [0.15, 0.2) is 60.8 Å². The zero-order valence-electron chi connectivity index (χ0n) is 32.9. The van der Waals surface area contributed by atoms with Crippen LogP contribution in [-0.4, -0.2) is 37.9 Å². The molecule has 0 aromatic carbocycles. The second kappa shape index (κ2) is 41.0. The van der Waals surface area contributed by atoms with E-state index >= 15 is 0 Å². The van der Waals surface area contributed by atoms with Crippen LogP contribution in [0.5, 0.6) is 0 Å². The Balaban J connectivity index is 4.28. The summed E-state index contributed by atoms with van der Waals surface area (Å²) in [4.78, 5) is 25.0. The maximum absolute atomic E-state index is 12.6. The van der Waals surface area contributed by atoms with Gasteiger partial charge in [-0.15, -0.1) is 0 Å². The Morgan fingerprint density at radius 3 is 1.42 bits per heavy atom. The average molecular weight is 699 g/mol. The van der Waals surface area contributed by atoms with E-state index in [0.29, 0.717) is 19.4 Å². The van der Waals surface area contributed by atoms with Crippen molar-refractivity contribution in [3.8, 4) is 0 Å². The van der Waals surface area contributed by atoms with Crippen molar-refractivity contribution in [2.24, 2.45) is 0 Å². The summed E-state index contributed by atoms with van der Waals surface area (Å²) in [5.74, 6) is -0.469. The molecule has 0 N–H and O–H groups in total. The molecule has 0 saturated heterocycles. The van der Waals surface area contributed by atoms with Gasteiger partial charge in [0.1, 0.15) is 6.61 Å². The van der Waals surface area contributed by atoms with Gasteiger partial charge in [0, 0.05) is 19.4 Å². The van der Waals surface area contributed by atoms with E-state index in [2.05, 4.69) is 81.5 Å². The van der Waals surface area contributed by atoms with Crippen LogP contribution >= 0.6 is 0 Å². The molecule has 0 aromatic heterocycles. The van der Waals surface area contributed by atoms with E-state index in [4.69, 9.17) is 14.2 Å². The second-order valence-electron chi connectivity index (χ2n) is 13.5. The molecular formula is C45H78O5. The molecular weight excluding hydrogens is 620 g/mol. The van der Waals surface area contributed by atoms with Crippen molar-refractivity contribution < 1.29 is 23.8 Å². The summed E-state index contributed by atoms with van der Waals surface area (Å²) in [5, 5.41) is 0. The highest BCUT2D eigenvalue weighted by molar-refractivity contribution is 5.70. The molecule has 0 aliphatic rings. The Morgan fingerprint density at radius 1 is 0.460 bits per heavy atom. The van der Waals surface area contributed by atoms with E-state index in [1.54, 1.807) is 0 Å². The van der Waals surface area contributed by atoms with Crippen molar-refractivity contribution in [3.05, 3.63) is 60.8 Å². The van der Waals surface area contributed by atoms with Crippen LogP contribution in [0.4, 0.5) is 0 Å². The van der Waals surface area contributed by atoms with E-state index in [9.17, 15) is 9.59 Å². The first-order chi connectivity index (χ1) is 24.6. The van der Waals surface area contributed by atoms with Crippen molar-refractivity contribution in [2.45, 2.75) is 194 Å². The minimum atomic E-state index is -0.551. The molecule has 5 heteroatoms. The standard InChI is InChI=1S/C45H78O5/c1-4-7-10-13-16-19-20-21-22-23-24-25-26-28-29-32-35-38-44(46)49-42-43(41-48-40-37-34-31-18-15-12-9-6-3)50-45(47)39-36-33-30-27-17-14-11-8-5-2/h7,10,16,19,21-22,24-25,28-29,43H,4-6,8-9,11-15,17-18,20,23,26-27,30-42H2,1-3H3/b10-7-,19-16-,22-21-,25-24-,29-28-. The predicted molar refractivity (Wildman–Crippen MR) is 214 cm³/mol. The highest BCUT2D eigenvalue weighted by Gasteiger charge is 2.17. The van der Waals surface area contributed by atoms with Crippen LogP contribution < -0.4 is 0 Å². The van der Waals surface area contributed by atoms with Crippen LogP contribution in [0.25, 0.3) is 0 Å². The third kappa shape index (κ3) is 38.4. The van der Waals surface area contributed by atoms with Gasteiger partial charge in [-0.25, -0.2) is 0 Å². The number of rotatable bonds is 37. The number of ether oxygens (including phenoxy) is 3. The molecule has 0 amide bonds. The topological polar surface area (TPSA) is 61.8 Å². The maximum atomic E-state index is 12.6. The number of unbranched alkanes of at least 4 members (excludes halogenated alkanes) is 16. The molecule has 0 spiro atoms. The maximum Gasteiger partial charge on any atom is 0.306 e. The normalized spacial score (nSPS) is 12.8. The molecule has 5 nitrogen and oxygen atoms in total. The molecule has 0 aromatic rings. The lowest BCUT2D eigenvalue weighted by Gasteiger charge is -2.18. The second-order valence-corrected chi connectivity index (χ2v) is 13.5. The van der Waals surface area contributed by atoms with Gasteiger partial charge in [0.2, 0.25) is 0 Å². The van der Waals surface area contributed by atoms with Gasteiger partial charge in [-0.3, -0.25) is 9.59 Å². The number of hydrogen-bond donors (Lipinski definition) is 0. The zero-order chi connectivity index (χ0) is 36.4. The number of carbonyl (C=O) groups excluding carboxylic acids is 2. The van der Waals surface area contributed by atoms with Crippen molar-refractivity contribution in [1.82, 2.24) is 0 Å². The minimum Gasteiger partial charge on any atom is -0.462 e. The lowest BCUT2D eigenvalue weighted by atomic mass is 10.1. The summed E-state index contributed by atoms with van der Waals surface area (Å²) in [6.07, 6.45) is 49.4. The predicted octanol–water partition coefficient (Wildman–Crippen LogP) is 13.4. The van der Waals surface area contributed by atoms with Crippen LogP contribution in [0.2, 0.25) is 0 Å². The zero-order valence-corrected chi connectivity index (χ0v) is 32.9. The molecule has 0 bridgehead atoms. The van der Waals surface area contributed by atoms with Gasteiger partial charge in [0.15, 0.2) is 6.10 Å². The summed E-state index contributed by atoms with van der Waals surface area (Å²) in [5.41, 5.74) is 0. The third-order valence-electron chi connectivity index (χ3n) is 8.57. The lowest BCUT2D eigenvalue weighted by Crippen LogP contribution is -2.30. The number of allylic oxidation sites excluding steroid dienone is 10. The fourth-order valence-corrected chi connectivity index (χ4v) is 5.48. The van der Waals surface area contributed by atoms with Crippen LogP contribution in [-0.2, 0) is 23.8 Å². The van der Waals surface area contributed by atoms with E-state index < -0.39 is 6.10 Å². The van der Waals surface area contributed by atoms with Crippen LogP contribution in [0.3, 0.4) is 0 Å². The highest BCUT2D eigenvalue weighted by atomic mass is 16.6. The highest BCUT2D eigenvalue weighted by Crippen LogP contribution is 2.12. The first-order valence-corrected chi connectivity index (χ1v) is 20.8. The first kappa shape index (κ1) is 47.6. The van der Waals surface area contributed by atoms with E-state index in [-0.39, 0.29) is 25.2 Å². The Hall–Kier alpha value is -2.40. The Bertz CT molecular complexity index is 884. The molecule has 1 unspecified atom stereocenters. The van der Waals surface area contributed by atoms with E-state index in [1.807, 2.05) is 0 Å². The van der Waals surface area contributed by atoms with Gasteiger partial charge < -0.3 is 14.2 Å². The third-order valence-corrected chi connectivity index (χ3v) is 8.57. The Labute approximate surface area is 309 Å². The summed E-state index contributed by atoms with van der Waals surface area (Å²) >= 11 is 0. The molecule has 0 radical (unpaired) electrons. The minimum absolute atomic E-state index is 0.0570. The lowest BCUT2D eigenvalue weighted by molar-refractivity contribution is -0.163. The van der Waals surface area contributed by atoms with Crippen molar-refractivity contribution >= 4 is 11.9 Å². The molecule has 0 aliphatic heterocycles. The quantitative estimate of drug-likeness (QED) is 0.0367. The fourth-order valence-electron chi connectivity index (χ4n) is 5.48. The Kier molecular flexibility index (Phi) is 39.1. The van der Waals surface area contributed by atoms with Crippen molar-refractivity contribution in [2.75, 3.05) is 19.8 Å². The van der Waals surface area contributed by atoms with Gasteiger partial charge in [-0.1, -0.05) is 178 Å². The first-order valence-electron chi connectivity index (χ1n) is 20.8. The van der Waals surface area contributed by atoms with Gasteiger partial charge in [-0.2, -0.15) is 0 Å². The molecule has 50 heavy (non-hydrogen) atoms. The summed E-state index contributed by atoms with van der Waals surface area (Å²) in [7, 11) is 0. The van der Waals surface area contributed by atoms with Crippen LogP contribution in [0.1, 0.15) is 188 Å². The molecule has 0 aliphatic carbocycles. The van der Waals surface area contributed by atoms with Gasteiger partial charge >= 0.3 is 11.9 Å². The molecule has 288 valence electrons. The smallest absolute Gasteiger partial charge is 0.306 e. The van der Waals surface area contributed by atoms with Crippen LogP contribution in [0, 0.1) is 0 Å². The van der Waals surface area contributed by atoms with Gasteiger partial charge in [0.05, 0.1) is 6.61 Å². The van der Waals surface area contributed by atoms with Gasteiger partial charge in [-0.05, 0) is 57.8 Å². The SMILES string of the molecule is CC/C=C\C/C=C\C/C=C\C/C=C\C/C=C\CCCC(=O)OCC(COCCCCCCCCCC)OC(=O)CCCCCCCCCCC. The van der Waals surface area contributed by atoms with Gasteiger partial charge in [0.25, 0.3) is 0 Å². The molecule has 0 saturated carbocycles. The Morgan fingerprint density at radius 2 is 0.900 bits per heavy atom. The molecule has 0 heterocycles. The summed E-state index contributed by atoms with van der Waals surface area (Å²) < 4.78 is 17.1. The van der Waals surface area contributed by atoms with E-state index in [1.165, 1.54) is 83.5 Å². The summed E-state index contributed by atoms with van der Waals surface area (Å²) in [6, 6.07) is 0. The number of carbonyl (C=O) groups is 2. The monoisotopic (exact) mass is 699 g/mol. The molecule has 0 rings (SSSR count). The molecule has 0 fully saturated rings.